The second-order valence-electron chi connectivity index (χ2n) is 4.38. The number of nitrogens with zero attached hydrogens (tertiary/aromatic N) is 1. The highest BCUT2D eigenvalue weighted by Gasteiger charge is 2.18. The van der Waals surface area contributed by atoms with Crippen LogP contribution in [0.3, 0.4) is 0 Å². The molecule has 0 bridgehead atoms. The van der Waals surface area contributed by atoms with Crippen molar-refractivity contribution in [2.45, 2.75) is 18.9 Å². The average molecular weight is 265 g/mol. The normalized spacial score (nSPS) is 18.2. The topological polar surface area (TPSA) is 107 Å². The zero-order chi connectivity index (χ0) is 13.8. The number of nitrogens with one attached hydrogen (secondary N) is 1. The Hall–Kier alpha value is -2.15. The van der Waals surface area contributed by atoms with Crippen LogP contribution in [-0.2, 0) is 4.74 Å². The van der Waals surface area contributed by atoms with Gasteiger partial charge in [-0.3, -0.25) is 14.9 Å². The molecule has 7 heteroatoms. The van der Waals surface area contributed by atoms with Gasteiger partial charge in [-0.05, 0) is 25.0 Å². The maximum atomic E-state index is 11.8. The third-order valence-electron chi connectivity index (χ3n) is 3.00. The third-order valence-corrected chi connectivity index (χ3v) is 3.00. The van der Waals surface area contributed by atoms with Crippen LogP contribution in [0.4, 0.5) is 11.4 Å². The van der Waals surface area contributed by atoms with Gasteiger partial charge in [0.15, 0.2) is 0 Å². The molecule has 0 aliphatic carbocycles. The van der Waals surface area contributed by atoms with Gasteiger partial charge in [-0.15, -0.1) is 0 Å². The Morgan fingerprint density at radius 2 is 2.37 bits per heavy atom. The molecule has 7 nitrogen and oxygen atoms in total. The van der Waals surface area contributed by atoms with E-state index in [1.807, 2.05) is 0 Å². The van der Waals surface area contributed by atoms with Gasteiger partial charge in [0.1, 0.15) is 5.69 Å². The Labute approximate surface area is 109 Å². The predicted octanol–water partition coefficient (Wildman–Crippen LogP) is 1.09. The minimum atomic E-state index is -0.580. The van der Waals surface area contributed by atoms with Crippen LogP contribution in [0.15, 0.2) is 18.2 Å². The van der Waals surface area contributed by atoms with E-state index in [-0.39, 0.29) is 23.4 Å². The van der Waals surface area contributed by atoms with Gasteiger partial charge in [-0.2, -0.15) is 0 Å². The molecule has 0 aromatic heterocycles. The van der Waals surface area contributed by atoms with Crippen LogP contribution in [0.1, 0.15) is 23.2 Å². The number of benzene rings is 1. The summed E-state index contributed by atoms with van der Waals surface area (Å²) >= 11 is 0. The van der Waals surface area contributed by atoms with Crippen molar-refractivity contribution >= 4 is 17.3 Å². The molecular weight excluding hydrogens is 250 g/mol. The summed E-state index contributed by atoms with van der Waals surface area (Å²) in [6, 6.07) is 3.93. The molecule has 1 fully saturated rings. The molecule has 0 radical (unpaired) electrons. The average Bonchev–Trinajstić information content (AvgIpc) is 2.88. The molecule has 1 aliphatic rings. The Morgan fingerprint density at radius 1 is 1.58 bits per heavy atom. The molecule has 1 heterocycles. The first kappa shape index (κ1) is 13.3. The summed E-state index contributed by atoms with van der Waals surface area (Å²) in [4.78, 5) is 21.9. The molecule has 3 N–H and O–H groups in total. The first-order valence-electron chi connectivity index (χ1n) is 6.01. The monoisotopic (exact) mass is 265 g/mol. The summed E-state index contributed by atoms with van der Waals surface area (Å²) in [5.74, 6) is -0.308. The van der Waals surface area contributed by atoms with Crippen LogP contribution >= 0.6 is 0 Å². The highest BCUT2D eigenvalue weighted by Crippen LogP contribution is 2.22. The molecule has 1 saturated heterocycles. The van der Waals surface area contributed by atoms with Crippen molar-refractivity contribution in [3.8, 4) is 0 Å². The second-order valence-corrected chi connectivity index (χ2v) is 4.38. The second kappa shape index (κ2) is 5.66. The molecule has 1 aromatic carbocycles. The fourth-order valence-electron chi connectivity index (χ4n) is 1.98. The lowest BCUT2D eigenvalue weighted by atomic mass is 10.1. The van der Waals surface area contributed by atoms with Gasteiger partial charge in [0, 0.05) is 24.8 Å². The van der Waals surface area contributed by atoms with E-state index in [9.17, 15) is 14.9 Å². The summed E-state index contributed by atoms with van der Waals surface area (Å²) in [6.07, 6.45) is 1.99. The molecule has 0 spiro atoms. The molecule has 1 aromatic rings. The number of nitrogen functional groups attached to an aromatic ring is 1. The van der Waals surface area contributed by atoms with Gasteiger partial charge in [0.05, 0.1) is 11.0 Å². The lowest BCUT2D eigenvalue weighted by molar-refractivity contribution is -0.383. The predicted molar refractivity (Wildman–Crippen MR) is 68.8 cm³/mol. The molecule has 102 valence electrons. The van der Waals surface area contributed by atoms with Crippen LogP contribution in [0.25, 0.3) is 0 Å². The molecule has 2 rings (SSSR count). The minimum absolute atomic E-state index is 0.0187. The minimum Gasteiger partial charge on any atom is -0.393 e. The largest absolute Gasteiger partial charge is 0.393 e. The zero-order valence-corrected chi connectivity index (χ0v) is 10.3. The Morgan fingerprint density at radius 3 is 2.95 bits per heavy atom. The van der Waals surface area contributed by atoms with Crippen LogP contribution in [0.2, 0.25) is 0 Å². The number of hydrogen-bond acceptors (Lipinski definition) is 5. The van der Waals surface area contributed by atoms with Crippen molar-refractivity contribution < 1.29 is 14.5 Å². The fourth-order valence-corrected chi connectivity index (χ4v) is 1.98. The molecule has 1 aliphatic heterocycles. The number of carbonyl (C=O) groups excluding carboxylic acids is 1. The van der Waals surface area contributed by atoms with Gasteiger partial charge in [0.25, 0.3) is 11.6 Å². The van der Waals surface area contributed by atoms with Crippen LogP contribution in [0, 0.1) is 10.1 Å². The van der Waals surface area contributed by atoms with Crippen molar-refractivity contribution in [2.24, 2.45) is 0 Å². The molecule has 19 heavy (non-hydrogen) atoms. The first-order valence-corrected chi connectivity index (χ1v) is 6.01. The van der Waals surface area contributed by atoms with Crippen molar-refractivity contribution in [1.29, 1.82) is 0 Å². The number of carbonyl (C=O) groups is 1. The molecule has 1 amide bonds. The lowest BCUT2D eigenvalue weighted by Gasteiger charge is -2.10. The van der Waals surface area contributed by atoms with E-state index in [1.165, 1.54) is 18.2 Å². The SMILES string of the molecule is Nc1cc(C(=O)NCC2CCCO2)ccc1[N+](=O)[O-]. The number of hydrogen-bond donors (Lipinski definition) is 2. The van der Waals surface area contributed by atoms with E-state index in [4.69, 9.17) is 10.5 Å². The van der Waals surface area contributed by atoms with Crippen LogP contribution in [0.5, 0.6) is 0 Å². The maximum Gasteiger partial charge on any atom is 0.292 e. The Balaban J connectivity index is 1.98. The van der Waals surface area contributed by atoms with Crippen molar-refractivity contribution in [1.82, 2.24) is 5.32 Å². The number of ether oxygens (including phenoxy) is 1. The Kier molecular flexibility index (Phi) is 3.96. The maximum absolute atomic E-state index is 11.8. The van der Waals surface area contributed by atoms with Gasteiger partial charge in [0.2, 0.25) is 0 Å². The van der Waals surface area contributed by atoms with E-state index in [1.54, 1.807) is 0 Å². The van der Waals surface area contributed by atoms with Gasteiger partial charge >= 0.3 is 0 Å². The van der Waals surface area contributed by atoms with E-state index in [2.05, 4.69) is 5.32 Å². The smallest absolute Gasteiger partial charge is 0.292 e. The molecule has 0 saturated carbocycles. The van der Waals surface area contributed by atoms with Gasteiger partial charge in [-0.25, -0.2) is 0 Å². The van der Waals surface area contributed by atoms with Crippen LogP contribution in [-0.4, -0.2) is 30.1 Å². The highest BCUT2D eigenvalue weighted by molar-refractivity contribution is 5.95. The fraction of sp³-hybridized carbons (Fsp3) is 0.417. The molecule has 1 atom stereocenters. The summed E-state index contributed by atoms with van der Waals surface area (Å²) in [6.45, 7) is 1.17. The summed E-state index contributed by atoms with van der Waals surface area (Å²) < 4.78 is 5.38. The van der Waals surface area contributed by atoms with E-state index < -0.39 is 4.92 Å². The van der Waals surface area contributed by atoms with E-state index >= 15 is 0 Å². The number of rotatable bonds is 4. The number of anilines is 1. The van der Waals surface area contributed by atoms with Gasteiger partial charge < -0.3 is 15.8 Å². The van der Waals surface area contributed by atoms with E-state index in [0.717, 1.165) is 19.4 Å². The Bertz CT molecular complexity index is 498. The molecular formula is C12H15N3O4. The first-order chi connectivity index (χ1) is 9.08. The summed E-state index contributed by atoms with van der Waals surface area (Å²) in [5, 5.41) is 13.3. The number of nitro benzene ring substituents is 1. The van der Waals surface area contributed by atoms with E-state index in [0.29, 0.717) is 12.1 Å². The summed E-state index contributed by atoms with van der Waals surface area (Å²) in [5.41, 5.74) is 5.62. The molecule has 1 unspecified atom stereocenters. The number of amides is 1. The highest BCUT2D eigenvalue weighted by atomic mass is 16.6. The number of nitro groups is 1. The van der Waals surface area contributed by atoms with Crippen molar-refractivity contribution in [3.63, 3.8) is 0 Å². The van der Waals surface area contributed by atoms with Crippen molar-refractivity contribution in [2.75, 3.05) is 18.9 Å². The summed E-state index contributed by atoms with van der Waals surface area (Å²) in [7, 11) is 0. The zero-order valence-electron chi connectivity index (χ0n) is 10.3. The standard InChI is InChI=1S/C12H15N3O4/c13-10-6-8(3-4-11(10)15(17)18)12(16)14-7-9-2-1-5-19-9/h3-4,6,9H,1-2,5,7,13H2,(H,14,16). The van der Waals surface area contributed by atoms with Crippen LogP contribution < -0.4 is 11.1 Å². The quantitative estimate of drug-likeness (QED) is 0.481. The number of nitrogens with two attached hydrogens (primary N) is 1. The van der Waals surface area contributed by atoms with Crippen molar-refractivity contribution in [3.05, 3.63) is 33.9 Å². The van der Waals surface area contributed by atoms with Gasteiger partial charge in [-0.1, -0.05) is 0 Å². The third kappa shape index (κ3) is 3.19. The lowest BCUT2D eigenvalue weighted by Crippen LogP contribution is -2.31.